The third-order valence-corrected chi connectivity index (χ3v) is 3.22. The molecule has 0 amide bonds. The molecule has 1 aromatic carbocycles. The summed E-state index contributed by atoms with van der Waals surface area (Å²) in [6.07, 6.45) is 2.60. The average molecular weight is 258 g/mol. The number of anilines is 1. The Balaban J connectivity index is 2.20. The quantitative estimate of drug-likeness (QED) is 0.862. The predicted octanol–water partition coefficient (Wildman–Crippen LogP) is 3.24. The zero-order valence-electron chi connectivity index (χ0n) is 11.9. The van der Waals surface area contributed by atoms with Crippen LogP contribution >= 0.6 is 0 Å². The number of nitrogens with zero attached hydrogens (tertiary/aromatic N) is 1. The van der Waals surface area contributed by atoms with Gasteiger partial charge in [0.05, 0.1) is 6.26 Å². The number of benzene rings is 1. The minimum atomic E-state index is 0.288. The van der Waals surface area contributed by atoms with E-state index in [2.05, 4.69) is 55.5 Å². The fraction of sp³-hybridized carbons (Fsp3) is 0.375. The number of hydrogen-bond acceptors (Lipinski definition) is 3. The van der Waals surface area contributed by atoms with Crippen LogP contribution in [0.2, 0.25) is 0 Å². The molecule has 0 spiro atoms. The van der Waals surface area contributed by atoms with E-state index in [4.69, 9.17) is 4.42 Å². The van der Waals surface area contributed by atoms with Crippen LogP contribution in [0, 0.1) is 0 Å². The molecule has 0 aliphatic heterocycles. The topological polar surface area (TPSA) is 28.4 Å². The summed E-state index contributed by atoms with van der Waals surface area (Å²) in [5, 5.41) is 3.52. The first-order chi connectivity index (χ1) is 9.20. The molecule has 19 heavy (non-hydrogen) atoms. The Morgan fingerprint density at radius 3 is 2.68 bits per heavy atom. The standard InChI is InChI=1S/C16H22N2O/c1-4-17-16(12-15-9-6-10-19-15)13-7-5-8-14(11-13)18(2)3/h5-11,16-17H,4,12H2,1-3H3. The van der Waals surface area contributed by atoms with Gasteiger partial charge < -0.3 is 14.6 Å². The van der Waals surface area contributed by atoms with Crippen LogP contribution in [0.5, 0.6) is 0 Å². The zero-order valence-corrected chi connectivity index (χ0v) is 11.9. The molecule has 0 radical (unpaired) electrons. The molecule has 0 saturated carbocycles. The molecule has 1 atom stereocenters. The Morgan fingerprint density at radius 1 is 1.21 bits per heavy atom. The molecule has 1 N–H and O–H groups in total. The Morgan fingerprint density at radius 2 is 2.05 bits per heavy atom. The first-order valence-corrected chi connectivity index (χ1v) is 6.73. The van der Waals surface area contributed by atoms with E-state index in [0.29, 0.717) is 0 Å². The largest absolute Gasteiger partial charge is 0.469 e. The normalized spacial score (nSPS) is 12.4. The molecule has 3 heteroatoms. The molecular formula is C16H22N2O. The summed E-state index contributed by atoms with van der Waals surface area (Å²) in [6.45, 7) is 3.07. The molecule has 1 aromatic heterocycles. The van der Waals surface area contributed by atoms with E-state index in [9.17, 15) is 0 Å². The van der Waals surface area contributed by atoms with Gasteiger partial charge in [0.25, 0.3) is 0 Å². The number of nitrogens with one attached hydrogen (secondary N) is 1. The highest BCUT2D eigenvalue weighted by molar-refractivity contribution is 5.48. The van der Waals surface area contributed by atoms with Gasteiger partial charge in [-0.15, -0.1) is 0 Å². The molecule has 0 aliphatic carbocycles. The van der Waals surface area contributed by atoms with Gasteiger partial charge in [0.1, 0.15) is 5.76 Å². The van der Waals surface area contributed by atoms with E-state index in [1.807, 2.05) is 12.1 Å². The van der Waals surface area contributed by atoms with Crippen molar-refractivity contribution < 1.29 is 4.42 Å². The smallest absolute Gasteiger partial charge is 0.105 e. The maximum absolute atomic E-state index is 5.46. The molecule has 2 aromatic rings. The molecule has 0 saturated heterocycles. The van der Waals surface area contributed by atoms with Crippen molar-refractivity contribution in [1.82, 2.24) is 5.32 Å². The fourth-order valence-electron chi connectivity index (χ4n) is 2.20. The maximum Gasteiger partial charge on any atom is 0.105 e. The summed E-state index contributed by atoms with van der Waals surface area (Å²) < 4.78 is 5.46. The van der Waals surface area contributed by atoms with E-state index in [1.54, 1.807) is 6.26 Å². The zero-order chi connectivity index (χ0) is 13.7. The number of likely N-dealkylation sites (N-methyl/N-ethyl adjacent to an activating group) is 1. The summed E-state index contributed by atoms with van der Waals surface area (Å²) >= 11 is 0. The summed E-state index contributed by atoms with van der Waals surface area (Å²) in [6, 6.07) is 12.9. The van der Waals surface area contributed by atoms with E-state index >= 15 is 0 Å². The summed E-state index contributed by atoms with van der Waals surface area (Å²) in [5.74, 6) is 1.02. The van der Waals surface area contributed by atoms with E-state index in [1.165, 1.54) is 11.3 Å². The van der Waals surface area contributed by atoms with Crippen molar-refractivity contribution in [2.24, 2.45) is 0 Å². The van der Waals surface area contributed by atoms with Crippen LogP contribution < -0.4 is 10.2 Å². The second-order valence-electron chi connectivity index (χ2n) is 4.88. The van der Waals surface area contributed by atoms with Crippen molar-refractivity contribution in [3.8, 4) is 0 Å². The van der Waals surface area contributed by atoms with Crippen molar-refractivity contribution in [2.45, 2.75) is 19.4 Å². The van der Waals surface area contributed by atoms with Crippen LogP contribution in [0.1, 0.15) is 24.3 Å². The average Bonchev–Trinajstić information content (AvgIpc) is 2.91. The van der Waals surface area contributed by atoms with Crippen LogP contribution in [0.4, 0.5) is 5.69 Å². The number of rotatable bonds is 6. The first kappa shape index (κ1) is 13.7. The van der Waals surface area contributed by atoms with E-state index in [0.717, 1.165) is 18.7 Å². The fourth-order valence-corrected chi connectivity index (χ4v) is 2.20. The lowest BCUT2D eigenvalue weighted by Crippen LogP contribution is -2.23. The van der Waals surface area contributed by atoms with Gasteiger partial charge >= 0.3 is 0 Å². The molecule has 102 valence electrons. The van der Waals surface area contributed by atoms with Crippen LogP contribution in [0.3, 0.4) is 0 Å². The van der Waals surface area contributed by atoms with Gasteiger partial charge in [-0.2, -0.15) is 0 Å². The number of furan rings is 1. The molecule has 2 rings (SSSR count). The highest BCUT2D eigenvalue weighted by atomic mass is 16.3. The second-order valence-corrected chi connectivity index (χ2v) is 4.88. The SMILES string of the molecule is CCNC(Cc1ccco1)c1cccc(N(C)C)c1. The van der Waals surface area contributed by atoms with Crippen molar-refractivity contribution in [2.75, 3.05) is 25.5 Å². The molecule has 1 unspecified atom stereocenters. The lowest BCUT2D eigenvalue weighted by atomic mass is 10.0. The molecule has 0 aliphatic rings. The minimum Gasteiger partial charge on any atom is -0.469 e. The Bertz CT molecular complexity index is 491. The maximum atomic E-state index is 5.46. The third-order valence-electron chi connectivity index (χ3n) is 3.22. The monoisotopic (exact) mass is 258 g/mol. The Kier molecular flexibility index (Phi) is 4.63. The van der Waals surface area contributed by atoms with Crippen molar-refractivity contribution in [3.05, 3.63) is 54.0 Å². The Labute approximate surface area is 115 Å². The lowest BCUT2D eigenvalue weighted by Gasteiger charge is -2.20. The summed E-state index contributed by atoms with van der Waals surface area (Å²) in [5.41, 5.74) is 2.52. The molecule has 0 bridgehead atoms. The van der Waals surface area contributed by atoms with Gasteiger partial charge in [-0.1, -0.05) is 19.1 Å². The van der Waals surface area contributed by atoms with Crippen LogP contribution in [0.15, 0.2) is 47.1 Å². The molecule has 1 heterocycles. The Hall–Kier alpha value is -1.74. The van der Waals surface area contributed by atoms with Gasteiger partial charge in [-0.3, -0.25) is 0 Å². The van der Waals surface area contributed by atoms with Crippen LogP contribution in [-0.4, -0.2) is 20.6 Å². The minimum absolute atomic E-state index is 0.288. The second kappa shape index (κ2) is 6.43. The highest BCUT2D eigenvalue weighted by Crippen LogP contribution is 2.22. The lowest BCUT2D eigenvalue weighted by molar-refractivity contribution is 0.455. The molecular weight excluding hydrogens is 236 g/mol. The predicted molar refractivity (Wildman–Crippen MR) is 79.6 cm³/mol. The van der Waals surface area contributed by atoms with Crippen molar-refractivity contribution >= 4 is 5.69 Å². The van der Waals surface area contributed by atoms with Crippen molar-refractivity contribution in [3.63, 3.8) is 0 Å². The van der Waals surface area contributed by atoms with Gasteiger partial charge in [0.2, 0.25) is 0 Å². The summed E-state index contributed by atoms with van der Waals surface area (Å²) in [7, 11) is 4.13. The van der Waals surface area contributed by atoms with Gasteiger partial charge in [0.15, 0.2) is 0 Å². The third kappa shape index (κ3) is 3.61. The first-order valence-electron chi connectivity index (χ1n) is 6.73. The number of hydrogen-bond donors (Lipinski definition) is 1. The van der Waals surface area contributed by atoms with Crippen molar-refractivity contribution in [1.29, 1.82) is 0 Å². The van der Waals surface area contributed by atoms with E-state index in [-0.39, 0.29) is 6.04 Å². The van der Waals surface area contributed by atoms with E-state index < -0.39 is 0 Å². The molecule has 0 fully saturated rings. The van der Waals surface area contributed by atoms with Gasteiger partial charge in [-0.25, -0.2) is 0 Å². The van der Waals surface area contributed by atoms with Gasteiger partial charge in [0, 0.05) is 32.2 Å². The highest BCUT2D eigenvalue weighted by Gasteiger charge is 2.13. The van der Waals surface area contributed by atoms with Crippen LogP contribution in [0.25, 0.3) is 0 Å². The summed E-state index contributed by atoms with van der Waals surface area (Å²) in [4.78, 5) is 2.12. The molecule has 3 nitrogen and oxygen atoms in total. The van der Waals surface area contributed by atoms with Crippen LogP contribution in [-0.2, 0) is 6.42 Å². The van der Waals surface area contributed by atoms with Gasteiger partial charge in [-0.05, 0) is 36.4 Å².